The normalized spacial score (nSPS) is 25.5. The molecule has 1 aliphatic heterocycles. The smallest absolute Gasteiger partial charge is 0.0687 e. The van der Waals surface area contributed by atoms with Crippen LogP contribution in [0, 0.1) is 0 Å². The monoisotopic (exact) mass is 307 g/mol. The molecule has 21 heavy (non-hydrogen) atoms. The molecule has 1 saturated heterocycles. The van der Waals surface area contributed by atoms with Gasteiger partial charge in [0.1, 0.15) is 0 Å². The highest BCUT2D eigenvalue weighted by Gasteiger charge is 2.42. The molecule has 1 aromatic rings. The summed E-state index contributed by atoms with van der Waals surface area (Å²) in [6, 6.07) is 8.23. The first kappa shape index (κ1) is 15.3. The average molecular weight is 308 g/mol. The van der Waals surface area contributed by atoms with E-state index in [1.165, 1.54) is 44.1 Å². The molecule has 0 amide bonds. The SMILES string of the molecule is CNCC(CC1CCC2(CCCC2)O1)c1ccccc1Cl. The summed E-state index contributed by atoms with van der Waals surface area (Å²) in [5.41, 5.74) is 1.49. The largest absolute Gasteiger partial charge is 0.372 e. The van der Waals surface area contributed by atoms with Crippen molar-refractivity contribution in [1.29, 1.82) is 0 Å². The predicted octanol–water partition coefficient (Wildman–Crippen LogP) is 4.52. The molecule has 2 unspecified atom stereocenters. The Morgan fingerprint density at radius 3 is 2.76 bits per heavy atom. The molecule has 1 aliphatic carbocycles. The highest BCUT2D eigenvalue weighted by molar-refractivity contribution is 6.31. The Morgan fingerprint density at radius 1 is 1.29 bits per heavy atom. The van der Waals surface area contributed by atoms with Crippen molar-refractivity contribution in [2.24, 2.45) is 0 Å². The minimum absolute atomic E-state index is 0.231. The van der Waals surface area contributed by atoms with E-state index in [2.05, 4.69) is 17.4 Å². The van der Waals surface area contributed by atoms with Crippen molar-refractivity contribution in [2.45, 2.75) is 62.6 Å². The van der Waals surface area contributed by atoms with Crippen LogP contribution in [0.4, 0.5) is 0 Å². The number of nitrogens with one attached hydrogen (secondary N) is 1. The van der Waals surface area contributed by atoms with Crippen molar-refractivity contribution in [1.82, 2.24) is 5.32 Å². The molecule has 0 radical (unpaired) electrons. The topological polar surface area (TPSA) is 21.3 Å². The molecule has 0 bridgehead atoms. The van der Waals surface area contributed by atoms with Gasteiger partial charge in [-0.2, -0.15) is 0 Å². The van der Waals surface area contributed by atoms with Crippen LogP contribution in [0.1, 0.15) is 56.4 Å². The molecule has 2 aliphatic rings. The van der Waals surface area contributed by atoms with Gasteiger partial charge in [-0.1, -0.05) is 42.6 Å². The minimum Gasteiger partial charge on any atom is -0.372 e. The summed E-state index contributed by atoms with van der Waals surface area (Å²) in [6.45, 7) is 0.955. The number of benzene rings is 1. The van der Waals surface area contributed by atoms with Crippen molar-refractivity contribution >= 4 is 11.6 Å². The van der Waals surface area contributed by atoms with Crippen LogP contribution in [0.3, 0.4) is 0 Å². The summed E-state index contributed by atoms with van der Waals surface area (Å²) in [6.07, 6.45) is 9.17. The van der Waals surface area contributed by atoms with Crippen molar-refractivity contribution in [3.8, 4) is 0 Å². The first-order valence-corrected chi connectivity index (χ1v) is 8.67. The fraction of sp³-hybridized carbons (Fsp3) is 0.667. The maximum atomic E-state index is 6.48. The van der Waals surface area contributed by atoms with E-state index in [1.54, 1.807) is 0 Å². The van der Waals surface area contributed by atoms with Gasteiger partial charge in [0.05, 0.1) is 11.7 Å². The molecule has 3 rings (SSSR count). The van der Waals surface area contributed by atoms with Gasteiger partial charge in [0.2, 0.25) is 0 Å². The van der Waals surface area contributed by atoms with E-state index in [1.807, 2.05) is 19.2 Å². The van der Waals surface area contributed by atoms with E-state index < -0.39 is 0 Å². The Kier molecular flexibility index (Phi) is 4.88. The lowest BCUT2D eigenvalue weighted by Crippen LogP contribution is -2.27. The van der Waals surface area contributed by atoms with Crippen LogP contribution in [-0.4, -0.2) is 25.3 Å². The highest BCUT2D eigenvalue weighted by atomic mass is 35.5. The maximum Gasteiger partial charge on any atom is 0.0687 e. The molecular weight excluding hydrogens is 282 g/mol. The number of likely N-dealkylation sites (N-methyl/N-ethyl adjacent to an activating group) is 1. The van der Waals surface area contributed by atoms with E-state index in [-0.39, 0.29) is 5.60 Å². The van der Waals surface area contributed by atoms with Gasteiger partial charge < -0.3 is 10.1 Å². The molecule has 1 spiro atoms. The van der Waals surface area contributed by atoms with Crippen molar-refractivity contribution < 1.29 is 4.74 Å². The lowest BCUT2D eigenvalue weighted by molar-refractivity contribution is -0.0410. The van der Waals surface area contributed by atoms with Gasteiger partial charge in [-0.3, -0.25) is 0 Å². The number of hydrogen-bond acceptors (Lipinski definition) is 2. The molecule has 2 nitrogen and oxygen atoms in total. The molecule has 3 heteroatoms. The molecule has 1 N–H and O–H groups in total. The van der Waals surface area contributed by atoms with Crippen molar-refractivity contribution in [3.63, 3.8) is 0 Å². The Labute approximate surface area is 133 Å². The van der Waals surface area contributed by atoms with Gasteiger partial charge in [-0.05, 0) is 50.8 Å². The van der Waals surface area contributed by atoms with Gasteiger partial charge in [-0.15, -0.1) is 0 Å². The van der Waals surface area contributed by atoms with Crippen LogP contribution in [0.5, 0.6) is 0 Å². The summed E-state index contributed by atoms with van der Waals surface area (Å²) in [5.74, 6) is 0.435. The predicted molar refractivity (Wildman–Crippen MR) is 88.0 cm³/mol. The lowest BCUT2D eigenvalue weighted by Gasteiger charge is -2.26. The standard InChI is InChI=1S/C18H26ClNO/c1-20-13-14(16-6-2-3-7-17(16)19)12-15-8-11-18(21-15)9-4-5-10-18/h2-3,6-7,14-15,20H,4-5,8-13H2,1H3. The van der Waals surface area contributed by atoms with Crippen LogP contribution in [0.25, 0.3) is 0 Å². The van der Waals surface area contributed by atoms with Gasteiger partial charge in [0.15, 0.2) is 0 Å². The molecule has 1 saturated carbocycles. The number of ether oxygens (including phenoxy) is 1. The van der Waals surface area contributed by atoms with Gasteiger partial charge >= 0.3 is 0 Å². The third-order valence-corrected chi connectivity index (χ3v) is 5.54. The number of rotatable bonds is 5. The zero-order valence-electron chi connectivity index (χ0n) is 12.9. The van der Waals surface area contributed by atoms with Gasteiger partial charge in [0, 0.05) is 17.5 Å². The van der Waals surface area contributed by atoms with E-state index in [0.717, 1.165) is 18.0 Å². The molecule has 0 aromatic heterocycles. The number of halogens is 1. The van der Waals surface area contributed by atoms with E-state index in [4.69, 9.17) is 16.3 Å². The van der Waals surface area contributed by atoms with Gasteiger partial charge in [0.25, 0.3) is 0 Å². The highest BCUT2D eigenvalue weighted by Crippen LogP contribution is 2.45. The summed E-state index contributed by atoms with van der Waals surface area (Å²) in [4.78, 5) is 0. The van der Waals surface area contributed by atoms with Gasteiger partial charge in [-0.25, -0.2) is 0 Å². The second-order valence-corrected chi connectivity index (χ2v) is 7.09. The van der Waals surface area contributed by atoms with Crippen LogP contribution in [-0.2, 0) is 4.74 Å². The third kappa shape index (κ3) is 3.44. The van der Waals surface area contributed by atoms with Crippen molar-refractivity contribution in [2.75, 3.05) is 13.6 Å². The van der Waals surface area contributed by atoms with Crippen molar-refractivity contribution in [3.05, 3.63) is 34.9 Å². The van der Waals surface area contributed by atoms with Crippen LogP contribution >= 0.6 is 11.6 Å². The summed E-state index contributed by atoms with van der Waals surface area (Å²) >= 11 is 6.39. The minimum atomic E-state index is 0.231. The second-order valence-electron chi connectivity index (χ2n) is 6.68. The maximum absolute atomic E-state index is 6.48. The molecule has 1 aromatic carbocycles. The fourth-order valence-corrected chi connectivity index (χ4v) is 4.43. The first-order valence-electron chi connectivity index (χ1n) is 8.29. The summed E-state index contributed by atoms with van der Waals surface area (Å²) < 4.78 is 6.48. The quantitative estimate of drug-likeness (QED) is 0.863. The summed E-state index contributed by atoms with van der Waals surface area (Å²) in [5, 5.41) is 4.20. The zero-order chi connectivity index (χ0) is 14.7. The van der Waals surface area contributed by atoms with Crippen LogP contribution < -0.4 is 5.32 Å². The first-order chi connectivity index (χ1) is 10.2. The molecule has 2 fully saturated rings. The summed E-state index contributed by atoms with van der Waals surface area (Å²) in [7, 11) is 2.01. The fourth-order valence-electron chi connectivity index (χ4n) is 4.14. The second kappa shape index (κ2) is 6.68. The third-order valence-electron chi connectivity index (χ3n) is 5.20. The van der Waals surface area contributed by atoms with Crippen LogP contribution in [0.2, 0.25) is 5.02 Å². The Hall–Kier alpha value is -0.570. The average Bonchev–Trinajstić information content (AvgIpc) is 3.10. The molecule has 1 heterocycles. The molecular formula is C18H26ClNO. The van der Waals surface area contributed by atoms with E-state index >= 15 is 0 Å². The molecule has 116 valence electrons. The Bertz CT molecular complexity index is 470. The zero-order valence-corrected chi connectivity index (χ0v) is 13.7. The van der Waals surface area contributed by atoms with Crippen LogP contribution in [0.15, 0.2) is 24.3 Å². The lowest BCUT2D eigenvalue weighted by atomic mass is 9.91. The number of hydrogen-bond donors (Lipinski definition) is 1. The Balaban J connectivity index is 1.67. The van der Waals surface area contributed by atoms with E-state index in [9.17, 15) is 0 Å². The Morgan fingerprint density at radius 2 is 2.05 bits per heavy atom. The van der Waals surface area contributed by atoms with E-state index in [0.29, 0.717) is 12.0 Å². The molecule has 2 atom stereocenters.